The maximum absolute atomic E-state index is 6.25. The lowest BCUT2D eigenvalue weighted by Gasteiger charge is -2.31. The number of pyridine rings is 2. The van der Waals surface area contributed by atoms with E-state index in [2.05, 4.69) is 160 Å². The quantitative estimate of drug-likeness (QED) is 0.0379. The molecule has 8 N–H and O–H groups in total. The second-order valence-corrected chi connectivity index (χ2v) is 17.6. The van der Waals surface area contributed by atoms with Crippen molar-refractivity contribution in [2.75, 3.05) is 76.3 Å². The van der Waals surface area contributed by atoms with Crippen molar-refractivity contribution in [3.63, 3.8) is 0 Å². The molecule has 8 rings (SSSR count). The molecule has 0 aliphatic carbocycles. The number of fused-ring (bicyclic) bond motifs is 6. The predicted octanol–water partition coefficient (Wildman–Crippen LogP) is 9.98. The summed E-state index contributed by atoms with van der Waals surface area (Å²) in [4.78, 5) is 0. The topological polar surface area (TPSA) is 112 Å². The molecule has 0 unspecified atom stereocenters. The van der Waals surface area contributed by atoms with Gasteiger partial charge in [-0.2, -0.15) is 9.13 Å². The van der Waals surface area contributed by atoms with Crippen LogP contribution < -0.4 is 32.1 Å². The molecule has 0 fully saturated rings. The van der Waals surface area contributed by atoms with E-state index in [4.69, 9.17) is 22.9 Å². The fourth-order valence-corrected chi connectivity index (χ4v) is 9.10. The van der Waals surface area contributed by atoms with Crippen molar-refractivity contribution in [2.45, 2.75) is 53.6 Å². The summed E-state index contributed by atoms with van der Waals surface area (Å²) in [5, 5.41) is 7.22. The highest BCUT2D eigenvalue weighted by molar-refractivity contribution is 6.11. The monoisotopic (exact) mass is 829 g/mol. The molecule has 0 amide bonds. The van der Waals surface area contributed by atoms with Crippen LogP contribution in [0.4, 0.5) is 22.7 Å². The SMILES string of the molecule is CC[N+](C)(CC)CCC[n+]1c(-c2ccccc2)c2cc(N)ccc2c2ccc(N)cc21.CC[N+](C)(CC)CCC[n+]1c(-c2ccccc2)c2cc(N)ccc2c2ccc(N)cc21. The first-order valence-corrected chi connectivity index (χ1v) is 22.6. The Morgan fingerprint density at radius 3 is 1.05 bits per heavy atom. The van der Waals surface area contributed by atoms with Crippen LogP contribution in [0, 0.1) is 0 Å². The molecule has 320 valence electrons. The highest BCUT2D eigenvalue weighted by Crippen LogP contribution is 2.35. The summed E-state index contributed by atoms with van der Waals surface area (Å²) in [6.07, 6.45) is 2.20. The number of quaternary nitrogens is 2. The number of benzene rings is 6. The van der Waals surface area contributed by atoms with Crippen LogP contribution in [0.2, 0.25) is 0 Å². The summed E-state index contributed by atoms with van der Waals surface area (Å²) < 4.78 is 7.08. The van der Waals surface area contributed by atoms with Gasteiger partial charge in [-0.3, -0.25) is 0 Å². The molecule has 0 aliphatic rings. The van der Waals surface area contributed by atoms with E-state index < -0.39 is 0 Å². The van der Waals surface area contributed by atoms with Crippen LogP contribution in [0.5, 0.6) is 0 Å². The highest BCUT2D eigenvalue weighted by atomic mass is 15.3. The van der Waals surface area contributed by atoms with Gasteiger partial charge in [0.1, 0.15) is 0 Å². The van der Waals surface area contributed by atoms with E-state index in [0.29, 0.717) is 0 Å². The molecule has 0 saturated carbocycles. The van der Waals surface area contributed by atoms with Crippen molar-refractivity contribution < 1.29 is 18.1 Å². The van der Waals surface area contributed by atoms with E-state index in [1.807, 2.05) is 24.3 Å². The van der Waals surface area contributed by atoms with Crippen molar-refractivity contribution in [3.8, 4) is 22.5 Å². The highest BCUT2D eigenvalue weighted by Gasteiger charge is 2.27. The number of hydrogen-bond donors (Lipinski definition) is 4. The fourth-order valence-electron chi connectivity index (χ4n) is 9.10. The molecule has 0 saturated heterocycles. The van der Waals surface area contributed by atoms with Crippen LogP contribution in [0.3, 0.4) is 0 Å². The van der Waals surface area contributed by atoms with Crippen LogP contribution in [-0.2, 0) is 13.1 Å². The maximum Gasteiger partial charge on any atom is 0.220 e. The van der Waals surface area contributed by atoms with Gasteiger partial charge in [-0.15, -0.1) is 0 Å². The van der Waals surface area contributed by atoms with E-state index in [1.54, 1.807) is 0 Å². The molecule has 0 aliphatic heterocycles. The van der Waals surface area contributed by atoms with Gasteiger partial charge in [-0.1, -0.05) is 48.5 Å². The number of hydrogen-bond acceptors (Lipinski definition) is 4. The second kappa shape index (κ2) is 18.8. The number of nitrogens with two attached hydrogens (primary N) is 4. The zero-order valence-corrected chi connectivity index (χ0v) is 37.9. The number of rotatable bonds is 14. The Bertz CT molecular complexity index is 2620. The lowest BCUT2D eigenvalue weighted by atomic mass is 9.98. The molecule has 8 nitrogen and oxygen atoms in total. The van der Waals surface area contributed by atoms with Crippen LogP contribution in [0.1, 0.15) is 40.5 Å². The standard InChI is InChI=1S/2C27H33N4/c2*1-4-31(3,5-2)17-9-16-30-26-19-22(29)13-15-24(26)23-14-12-21(28)18-25(23)27(30)20-10-7-6-8-11-20/h2*6-8,10-15,18-19,29H,4-5,9,16-17,28H2,1-3H3/q2*+1/p+2. The Hall–Kier alpha value is -6.22. The summed E-state index contributed by atoms with van der Waals surface area (Å²) >= 11 is 0. The number of aryl methyl sites for hydroxylation is 2. The maximum atomic E-state index is 6.25. The average Bonchev–Trinajstić information content (AvgIpc) is 3.29. The molecule has 6 aromatic carbocycles. The molecule has 62 heavy (non-hydrogen) atoms. The Morgan fingerprint density at radius 1 is 0.387 bits per heavy atom. The lowest BCUT2D eigenvalue weighted by Crippen LogP contribution is -2.46. The number of anilines is 4. The summed E-state index contributed by atoms with van der Waals surface area (Å²) in [5.74, 6) is 0. The fraction of sp³-hybridized carbons (Fsp3) is 0.296. The smallest absolute Gasteiger partial charge is 0.220 e. The normalized spacial score (nSPS) is 12.0. The van der Waals surface area contributed by atoms with Gasteiger partial charge in [0.25, 0.3) is 0 Å². The second-order valence-electron chi connectivity index (χ2n) is 17.6. The average molecular weight is 829 g/mol. The zero-order chi connectivity index (χ0) is 44.0. The van der Waals surface area contributed by atoms with Crippen molar-refractivity contribution in [3.05, 3.63) is 133 Å². The Kier molecular flexibility index (Phi) is 13.3. The van der Waals surface area contributed by atoms with Crippen molar-refractivity contribution in [1.82, 2.24) is 0 Å². The molecule has 8 heteroatoms. The van der Waals surface area contributed by atoms with Gasteiger partial charge < -0.3 is 31.9 Å². The molecule has 8 aromatic rings. The summed E-state index contributed by atoms with van der Waals surface area (Å²) in [6, 6.07) is 46.3. The minimum Gasteiger partial charge on any atom is -0.399 e. The van der Waals surface area contributed by atoms with Crippen LogP contribution >= 0.6 is 0 Å². The summed E-state index contributed by atoms with van der Waals surface area (Å²) in [6.45, 7) is 17.9. The zero-order valence-electron chi connectivity index (χ0n) is 37.9. The molecular weight excluding hydrogens is 761 g/mol. The third kappa shape index (κ3) is 9.18. The number of aromatic nitrogens is 2. The third-order valence-corrected chi connectivity index (χ3v) is 13.7. The van der Waals surface area contributed by atoms with Gasteiger partial charge in [-0.05, 0) is 100 Å². The van der Waals surface area contributed by atoms with Crippen molar-refractivity contribution in [1.29, 1.82) is 0 Å². The van der Waals surface area contributed by atoms with E-state index in [9.17, 15) is 0 Å². The molecule has 2 aromatic heterocycles. The van der Waals surface area contributed by atoms with Gasteiger partial charge in [-0.25, -0.2) is 0 Å². The molecule has 0 atom stereocenters. The number of nitrogens with zero attached hydrogens (tertiary/aromatic N) is 4. The summed E-state index contributed by atoms with van der Waals surface area (Å²) in [5.41, 5.74) is 35.3. The first-order chi connectivity index (χ1) is 29.9. The minimum atomic E-state index is 0.784. The number of nitrogen functional groups attached to an aromatic ring is 4. The Balaban J connectivity index is 0.000000186. The predicted molar refractivity (Wildman–Crippen MR) is 265 cm³/mol. The van der Waals surface area contributed by atoms with Gasteiger partial charge >= 0.3 is 0 Å². The lowest BCUT2D eigenvalue weighted by molar-refractivity contribution is -0.908. The molecule has 0 bridgehead atoms. The molecule has 0 radical (unpaired) electrons. The van der Waals surface area contributed by atoms with Crippen molar-refractivity contribution in [2.24, 2.45) is 0 Å². The first kappa shape index (κ1) is 43.9. The van der Waals surface area contributed by atoms with Gasteiger partial charge in [0.05, 0.1) is 87.8 Å². The van der Waals surface area contributed by atoms with Gasteiger partial charge in [0, 0.05) is 56.8 Å². The van der Waals surface area contributed by atoms with E-state index >= 15 is 0 Å². The van der Waals surface area contributed by atoms with E-state index in [-0.39, 0.29) is 0 Å². The third-order valence-electron chi connectivity index (χ3n) is 13.7. The van der Waals surface area contributed by atoms with Crippen LogP contribution in [0.15, 0.2) is 133 Å². The largest absolute Gasteiger partial charge is 0.399 e. The Labute approximate surface area is 368 Å². The van der Waals surface area contributed by atoms with Crippen LogP contribution in [-0.4, -0.2) is 62.3 Å². The molecular formula is C54H68N8+4. The van der Waals surface area contributed by atoms with E-state index in [1.165, 1.54) is 65.9 Å². The van der Waals surface area contributed by atoms with Crippen molar-refractivity contribution >= 4 is 66.1 Å². The molecule has 0 spiro atoms. The van der Waals surface area contributed by atoms with E-state index in [0.717, 1.165) is 96.9 Å². The first-order valence-electron chi connectivity index (χ1n) is 22.6. The van der Waals surface area contributed by atoms with Gasteiger partial charge in [0.2, 0.25) is 22.4 Å². The minimum absolute atomic E-state index is 0.784. The molecule has 2 heterocycles. The Morgan fingerprint density at radius 2 is 0.710 bits per heavy atom. The van der Waals surface area contributed by atoms with Crippen LogP contribution in [0.25, 0.3) is 65.9 Å². The van der Waals surface area contributed by atoms with Gasteiger partial charge in [0.15, 0.2) is 13.1 Å². The summed E-state index contributed by atoms with van der Waals surface area (Å²) in [7, 11) is 4.69.